The number of fused-ring (bicyclic) bond motifs is 1. The van der Waals surface area contributed by atoms with Gasteiger partial charge in [-0.25, -0.2) is 8.42 Å². The van der Waals surface area contributed by atoms with Crippen molar-refractivity contribution in [2.24, 2.45) is 0 Å². The molecular weight excluding hydrogens is 490 g/mol. The molecule has 2 amide bonds. The lowest BCUT2D eigenvalue weighted by Gasteiger charge is -2.28. The summed E-state index contributed by atoms with van der Waals surface area (Å²) in [6.45, 7) is 0. The van der Waals surface area contributed by atoms with E-state index in [1.807, 2.05) is 36.4 Å². The van der Waals surface area contributed by atoms with Crippen molar-refractivity contribution < 1.29 is 18.0 Å². The second-order valence-electron chi connectivity index (χ2n) is 10.2. The van der Waals surface area contributed by atoms with Gasteiger partial charge in [-0.1, -0.05) is 36.8 Å². The van der Waals surface area contributed by atoms with Gasteiger partial charge in [-0.05, 0) is 72.2 Å². The molecule has 6 rings (SSSR count). The summed E-state index contributed by atoms with van der Waals surface area (Å²) in [5.74, 6) is -0.481. The van der Waals surface area contributed by atoms with Gasteiger partial charge in [0.05, 0.1) is 22.9 Å². The first-order valence-electron chi connectivity index (χ1n) is 12.6. The molecule has 0 radical (unpaired) electrons. The highest BCUT2D eigenvalue weighted by Crippen LogP contribution is 2.44. The molecule has 37 heavy (non-hydrogen) atoms. The Hall–Kier alpha value is -3.72. The van der Waals surface area contributed by atoms with Gasteiger partial charge in [0.2, 0.25) is 0 Å². The predicted octanol–water partition coefficient (Wildman–Crippen LogP) is 3.97. The molecule has 0 spiro atoms. The Kier molecular flexibility index (Phi) is 5.75. The van der Waals surface area contributed by atoms with E-state index in [1.54, 1.807) is 0 Å². The molecule has 2 aliphatic carbocycles. The lowest BCUT2D eigenvalue weighted by atomic mass is 9.77. The summed E-state index contributed by atoms with van der Waals surface area (Å²) in [4.78, 5) is 42.4. The molecule has 3 aliphatic rings. The van der Waals surface area contributed by atoms with Crippen LogP contribution in [0.5, 0.6) is 0 Å². The normalized spacial score (nSPS) is 20.5. The zero-order chi connectivity index (χ0) is 25.7. The number of para-hydroxylation sites is 1. The number of hydrogen-bond donors (Lipinski definition) is 3. The molecule has 3 aromatic rings. The maximum atomic E-state index is 13.7. The average Bonchev–Trinajstić information content (AvgIpc) is 3.61. The number of anilines is 1. The van der Waals surface area contributed by atoms with Gasteiger partial charge >= 0.3 is 0 Å². The van der Waals surface area contributed by atoms with Crippen molar-refractivity contribution in [3.63, 3.8) is 0 Å². The summed E-state index contributed by atoms with van der Waals surface area (Å²) in [5.41, 5.74) is 2.87. The van der Waals surface area contributed by atoms with Crippen LogP contribution in [0.2, 0.25) is 0 Å². The Labute approximate surface area is 214 Å². The first-order chi connectivity index (χ1) is 17.8. The number of amides is 2. The highest BCUT2D eigenvalue weighted by atomic mass is 32.2. The van der Waals surface area contributed by atoms with Crippen LogP contribution < -0.4 is 16.2 Å². The lowest BCUT2D eigenvalue weighted by Crippen LogP contribution is -2.38. The van der Waals surface area contributed by atoms with Gasteiger partial charge in [0.15, 0.2) is 9.84 Å². The van der Waals surface area contributed by atoms with E-state index in [1.165, 1.54) is 12.1 Å². The number of aromatic amines is 1. The number of nitrogens with one attached hydrogen (secondary N) is 3. The van der Waals surface area contributed by atoms with Crippen LogP contribution in [0.25, 0.3) is 10.9 Å². The first-order valence-corrected chi connectivity index (χ1v) is 14.3. The molecular formula is C28H27N3O5S. The van der Waals surface area contributed by atoms with Crippen LogP contribution in [-0.4, -0.2) is 37.0 Å². The summed E-state index contributed by atoms with van der Waals surface area (Å²) in [6, 6.07) is 12.3. The topological polar surface area (TPSA) is 125 Å². The number of benzene rings is 2. The summed E-state index contributed by atoms with van der Waals surface area (Å²) < 4.78 is 23.3. The summed E-state index contributed by atoms with van der Waals surface area (Å²) in [7, 11) is -3.35. The highest BCUT2D eigenvalue weighted by molar-refractivity contribution is 7.94. The van der Waals surface area contributed by atoms with Crippen LogP contribution >= 0.6 is 0 Å². The lowest BCUT2D eigenvalue weighted by molar-refractivity contribution is 0.0945. The van der Waals surface area contributed by atoms with Crippen LogP contribution in [0, 0.1) is 0 Å². The van der Waals surface area contributed by atoms with E-state index in [9.17, 15) is 22.8 Å². The van der Waals surface area contributed by atoms with Crippen molar-refractivity contribution in [2.75, 3.05) is 11.1 Å². The van der Waals surface area contributed by atoms with E-state index in [-0.39, 0.29) is 23.1 Å². The highest BCUT2D eigenvalue weighted by Gasteiger charge is 2.30. The fourth-order valence-electron chi connectivity index (χ4n) is 5.22. The summed E-state index contributed by atoms with van der Waals surface area (Å²) in [5, 5.41) is 7.31. The van der Waals surface area contributed by atoms with Crippen LogP contribution in [0.4, 0.5) is 5.69 Å². The monoisotopic (exact) mass is 517 g/mol. The van der Waals surface area contributed by atoms with E-state index in [0.717, 1.165) is 54.3 Å². The van der Waals surface area contributed by atoms with Crippen molar-refractivity contribution in [1.82, 2.24) is 10.3 Å². The Bertz CT molecular complexity index is 1630. The Balaban J connectivity index is 1.37. The van der Waals surface area contributed by atoms with Crippen molar-refractivity contribution in [3.8, 4) is 0 Å². The largest absolute Gasteiger partial charge is 0.345 e. The van der Waals surface area contributed by atoms with Gasteiger partial charge in [-0.3, -0.25) is 14.4 Å². The molecule has 1 atom stereocenters. The average molecular weight is 518 g/mol. The van der Waals surface area contributed by atoms with Crippen LogP contribution in [0.3, 0.4) is 0 Å². The zero-order valence-electron chi connectivity index (χ0n) is 20.1. The van der Waals surface area contributed by atoms with Gasteiger partial charge in [-0.2, -0.15) is 0 Å². The Morgan fingerprint density at radius 2 is 1.68 bits per heavy atom. The second kappa shape index (κ2) is 8.99. The fourth-order valence-corrected chi connectivity index (χ4v) is 6.46. The maximum Gasteiger partial charge on any atom is 0.261 e. The smallest absolute Gasteiger partial charge is 0.261 e. The van der Waals surface area contributed by atoms with E-state index >= 15 is 0 Å². The molecule has 0 saturated heterocycles. The molecule has 1 aliphatic heterocycles. The molecule has 2 heterocycles. The summed E-state index contributed by atoms with van der Waals surface area (Å²) >= 11 is 0. The minimum absolute atomic E-state index is 0.132. The van der Waals surface area contributed by atoms with Crippen LogP contribution in [0.15, 0.2) is 58.7 Å². The van der Waals surface area contributed by atoms with Gasteiger partial charge in [0.25, 0.3) is 17.4 Å². The third-order valence-electron chi connectivity index (χ3n) is 7.54. The van der Waals surface area contributed by atoms with Gasteiger partial charge in [-0.15, -0.1) is 0 Å². The third-order valence-corrected chi connectivity index (χ3v) is 8.94. The minimum Gasteiger partial charge on any atom is -0.345 e. The molecule has 2 aromatic carbocycles. The van der Waals surface area contributed by atoms with Crippen molar-refractivity contribution >= 4 is 38.2 Å². The SMILES string of the molecule is O=C(N[C@@H]1C=CS(=O)(=O)C1)c1cc2ccc(C3CCC3)c(C(=O)Nc3ccccc3C3CC3)c2[nH]c1=O. The van der Waals surface area contributed by atoms with Gasteiger partial charge in [0, 0.05) is 11.1 Å². The number of carbonyl (C=O) groups is 2. The first kappa shape index (κ1) is 23.7. The summed E-state index contributed by atoms with van der Waals surface area (Å²) in [6.07, 6.45) is 6.66. The van der Waals surface area contributed by atoms with Crippen molar-refractivity contribution in [2.45, 2.75) is 50.0 Å². The molecule has 0 bridgehead atoms. The molecule has 9 heteroatoms. The third kappa shape index (κ3) is 4.59. The standard InChI is InChI=1S/C28H27N3O5S/c32-26(29-19-12-13-37(35,36)15-19)22-14-18-10-11-21(16-4-3-5-16)24(25(18)31-27(22)33)28(34)30-23-7-2-1-6-20(23)17-8-9-17/h1-2,6-7,10-14,16-17,19H,3-5,8-9,15H2,(H,29,32)(H,30,34)(H,31,33)/t19-/m1/s1. The Morgan fingerprint density at radius 3 is 2.35 bits per heavy atom. The number of pyridine rings is 1. The predicted molar refractivity (Wildman–Crippen MR) is 142 cm³/mol. The molecule has 2 fully saturated rings. The van der Waals surface area contributed by atoms with E-state index < -0.39 is 27.3 Å². The van der Waals surface area contributed by atoms with E-state index in [2.05, 4.69) is 15.6 Å². The van der Waals surface area contributed by atoms with E-state index in [4.69, 9.17) is 0 Å². The number of rotatable bonds is 6. The minimum atomic E-state index is -3.35. The zero-order valence-corrected chi connectivity index (χ0v) is 20.9. The number of sulfone groups is 1. The molecule has 8 nitrogen and oxygen atoms in total. The molecule has 0 unspecified atom stereocenters. The van der Waals surface area contributed by atoms with Gasteiger partial charge < -0.3 is 15.6 Å². The van der Waals surface area contributed by atoms with Crippen molar-refractivity contribution in [3.05, 3.63) is 86.6 Å². The van der Waals surface area contributed by atoms with Crippen molar-refractivity contribution in [1.29, 1.82) is 0 Å². The molecule has 190 valence electrons. The number of H-pyrrole nitrogens is 1. The van der Waals surface area contributed by atoms with E-state index in [0.29, 0.717) is 22.4 Å². The maximum absolute atomic E-state index is 13.7. The van der Waals surface area contributed by atoms with Crippen LogP contribution in [0.1, 0.15) is 75.8 Å². The number of carbonyl (C=O) groups excluding carboxylic acids is 2. The molecule has 3 N–H and O–H groups in total. The number of hydrogen-bond acceptors (Lipinski definition) is 5. The van der Waals surface area contributed by atoms with Crippen LogP contribution in [-0.2, 0) is 9.84 Å². The fraction of sp³-hybridized carbons (Fsp3) is 0.321. The second-order valence-corrected chi connectivity index (χ2v) is 12.1. The molecule has 1 aromatic heterocycles. The quantitative estimate of drug-likeness (QED) is 0.456. The van der Waals surface area contributed by atoms with Gasteiger partial charge in [0.1, 0.15) is 5.56 Å². The molecule has 2 saturated carbocycles. The Morgan fingerprint density at radius 1 is 0.919 bits per heavy atom. The number of aromatic nitrogens is 1.